The van der Waals surface area contributed by atoms with Gasteiger partial charge >= 0.3 is 0 Å². The van der Waals surface area contributed by atoms with Crippen LogP contribution < -0.4 is 5.43 Å². The fraction of sp³-hybridized carbons (Fsp3) is 1.00. The highest BCUT2D eigenvalue weighted by Crippen LogP contribution is 2.22. The first-order chi connectivity index (χ1) is 4.86. The zero-order valence-corrected chi connectivity index (χ0v) is 8.53. The fourth-order valence-corrected chi connectivity index (χ4v) is 1.87. The number of aliphatic hydroxyl groups excluding tert-OH is 1. The molecule has 12 heavy (non-hydrogen) atoms. The molecule has 3 rings (SSSR count). The van der Waals surface area contributed by atoms with Crippen LogP contribution in [0.5, 0.6) is 0 Å². The zero-order valence-electron chi connectivity index (χ0n) is 6.90. The summed E-state index contributed by atoms with van der Waals surface area (Å²) in [5.41, 5.74) is 3.28. The van der Waals surface area contributed by atoms with Crippen molar-refractivity contribution >= 4 is 24.8 Å². The summed E-state index contributed by atoms with van der Waals surface area (Å²) < 4.78 is 0. The van der Waals surface area contributed by atoms with Gasteiger partial charge < -0.3 is 5.11 Å². The van der Waals surface area contributed by atoms with Crippen LogP contribution in [-0.2, 0) is 0 Å². The first kappa shape index (κ1) is 12.5. The van der Waals surface area contributed by atoms with E-state index in [2.05, 4.69) is 10.4 Å². The van der Waals surface area contributed by atoms with E-state index >= 15 is 0 Å². The minimum absolute atomic E-state index is 0. The second kappa shape index (κ2) is 5.25. The van der Waals surface area contributed by atoms with Gasteiger partial charge in [0.05, 0.1) is 6.10 Å². The lowest BCUT2D eigenvalue weighted by Crippen LogP contribution is -2.45. The van der Waals surface area contributed by atoms with Crippen LogP contribution in [0, 0.1) is 5.92 Å². The lowest BCUT2D eigenvalue weighted by atomic mass is 9.93. The molecule has 0 saturated carbocycles. The van der Waals surface area contributed by atoms with E-state index in [-0.39, 0.29) is 30.9 Å². The van der Waals surface area contributed by atoms with Gasteiger partial charge in [0, 0.05) is 19.6 Å². The molecule has 0 aromatic heterocycles. The highest BCUT2D eigenvalue weighted by atomic mass is 35.5. The Morgan fingerprint density at radius 1 is 1.25 bits per heavy atom. The van der Waals surface area contributed by atoms with E-state index in [0.717, 1.165) is 32.5 Å². The molecule has 0 aromatic carbocycles. The van der Waals surface area contributed by atoms with Crippen molar-refractivity contribution in [2.45, 2.75) is 18.9 Å². The Hall–Kier alpha value is 0.460. The molecule has 3 nitrogen and oxygen atoms in total. The van der Waals surface area contributed by atoms with Crippen molar-refractivity contribution in [3.8, 4) is 0 Å². The van der Waals surface area contributed by atoms with E-state index in [1.165, 1.54) is 0 Å². The number of nitrogens with one attached hydrogen (secondary N) is 1. The average molecular weight is 215 g/mol. The lowest BCUT2D eigenvalue weighted by molar-refractivity contribution is 0.0246. The van der Waals surface area contributed by atoms with Crippen LogP contribution in [-0.4, -0.2) is 35.9 Å². The van der Waals surface area contributed by atoms with Gasteiger partial charge in [0.15, 0.2) is 0 Å². The second-order valence-corrected chi connectivity index (χ2v) is 3.26. The molecule has 2 N–H and O–H groups in total. The van der Waals surface area contributed by atoms with Crippen LogP contribution in [0.1, 0.15) is 12.8 Å². The van der Waals surface area contributed by atoms with Crippen molar-refractivity contribution in [2.75, 3.05) is 19.6 Å². The number of halogens is 2. The maximum absolute atomic E-state index is 9.50. The molecule has 0 aliphatic carbocycles. The second-order valence-electron chi connectivity index (χ2n) is 3.26. The summed E-state index contributed by atoms with van der Waals surface area (Å²) in [6.45, 7) is 2.98. The van der Waals surface area contributed by atoms with Crippen LogP contribution in [0.2, 0.25) is 0 Å². The smallest absolute Gasteiger partial charge is 0.0710 e. The Morgan fingerprint density at radius 3 is 2.67 bits per heavy atom. The first-order valence-electron chi connectivity index (χ1n) is 4.03. The number of piperidine rings is 1. The summed E-state index contributed by atoms with van der Waals surface area (Å²) in [5, 5.41) is 11.6. The van der Waals surface area contributed by atoms with E-state index in [1.807, 2.05) is 0 Å². The summed E-state index contributed by atoms with van der Waals surface area (Å²) in [6.07, 6.45) is 2.22. The van der Waals surface area contributed by atoms with Gasteiger partial charge in [0.1, 0.15) is 0 Å². The third-order valence-electron chi connectivity index (χ3n) is 2.57. The van der Waals surface area contributed by atoms with Gasteiger partial charge in [-0.2, -0.15) is 0 Å². The maximum Gasteiger partial charge on any atom is 0.0710 e. The Balaban J connectivity index is 0.000000605. The van der Waals surface area contributed by atoms with E-state index in [9.17, 15) is 5.11 Å². The number of fused-ring (bicyclic) bond motifs is 4. The molecule has 3 aliphatic rings. The van der Waals surface area contributed by atoms with Crippen molar-refractivity contribution in [3.05, 3.63) is 0 Å². The molecule has 3 atom stereocenters. The zero-order chi connectivity index (χ0) is 6.97. The summed E-state index contributed by atoms with van der Waals surface area (Å²) >= 11 is 0. The molecule has 3 fully saturated rings. The molecule has 3 heterocycles. The number of hydrogen-bond acceptors (Lipinski definition) is 3. The minimum Gasteiger partial charge on any atom is -0.391 e. The predicted molar refractivity (Wildman–Crippen MR) is 52.8 cm³/mol. The van der Waals surface area contributed by atoms with Gasteiger partial charge in [-0.05, 0) is 18.8 Å². The van der Waals surface area contributed by atoms with Gasteiger partial charge in [0.25, 0.3) is 0 Å². The molecule has 3 unspecified atom stereocenters. The molecule has 3 aliphatic heterocycles. The van der Waals surface area contributed by atoms with Gasteiger partial charge in [-0.3, -0.25) is 5.43 Å². The van der Waals surface area contributed by atoms with Crippen LogP contribution >= 0.6 is 24.8 Å². The van der Waals surface area contributed by atoms with E-state index in [1.54, 1.807) is 0 Å². The summed E-state index contributed by atoms with van der Waals surface area (Å²) in [7, 11) is 0. The van der Waals surface area contributed by atoms with Gasteiger partial charge in [-0.25, -0.2) is 5.01 Å². The van der Waals surface area contributed by atoms with Crippen LogP contribution in [0.15, 0.2) is 0 Å². The van der Waals surface area contributed by atoms with Crippen LogP contribution in [0.25, 0.3) is 0 Å². The van der Waals surface area contributed by atoms with Gasteiger partial charge in [-0.15, -0.1) is 24.8 Å². The van der Waals surface area contributed by atoms with Crippen molar-refractivity contribution in [1.29, 1.82) is 0 Å². The molecule has 0 aromatic rings. The van der Waals surface area contributed by atoms with Gasteiger partial charge in [0.2, 0.25) is 0 Å². The Kier molecular flexibility index (Phi) is 5.45. The van der Waals surface area contributed by atoms with Crippen molar-refractivity contribution < 1.29 is 5.11 Å². The highest BCUT2D eigenvalue weighted by Gasteiger charge is 2.29. The normalized spacial score (nSPS) is 39.2. The molecular weight excluding hydrogens is 199 g/mol. The Morgan fingerprint density at radius 2 is 2.00 bits per heavy atom. The third kappa shape index (κ3) is 2.47. The first-order valence-corrected chi connectivity index (χ1v) is 4.03. The molecule has 2 bridgehead atoms. The quantitative estimate of drug-likeness (QED) is 0.614. The number of nitrogens with zero attached hydrogens (tertiary/aromatic N) is 1. The molecule has 0 radical (unpaired) electrons. The molecular formula is C7H16Cl2N2O. The molecule has 0 amide bonds. The minimum atomic E-state index is -0.0799. The highest BCUT2D eigenvalue weighted by molar-refractivity contribution is 5.85. The number of hydrogen-bond donors (Lipinski definition) is 2. The SMILES string of the molecule is Cl.Cl.OC1CN2CCC1CCN2. The largest absolute Gasteiger partial charge is 0.391 e. The van der Waals surface area contributed by atoms with Crippen LogP contribution in [0.4, 0.5) is 0 Å². The molecule has 5 heteroatoms. The third-order valence-corrected chi connectivity index (χ3v) is 2.57. The summed E-state index contributed by atoms with van der Waals surface area (Å²) in [6, 6.07) is 0. The average Bonchev–Trinajstić information content (AvgIpc) is 2.20. The van der Waals surface area contributed by atoms with Gasteiger partial charge in [-0.1, -0.05) is 0 Å². The molecule has 3 saturated heterocycles. The Labute approximate surface area is 85.3 Å². The van der Waals surface area contributed by atoms with Crippen LogP contribution in [0.3, 0.4) is 0 Å². The number of hydrazine groups is 1. The lowest BCUT2D eigenvalue weighted by Gasteiger charge is -2.30. The predicted octanol–water partition coefficient (Wildman–Crippen LogP) is 0.421. The van der Waals surface area contributed by atoms with Crippen molar-refractivity contribution in [1.82, 2.24) is 10.4 Å². The summed E-state index contributed by atoms with van der Waals surface area (Å²) in [5.74, 6) is 0.561. The van der Waals surface area contributed by atoms with Crippen molar-refractivity contribution in [2.24, 2.45) is 5.92 Å². The van der Waals surface area contributed by atoms with E-state index in [0.29, 0.717) is 5.92 Å². The monoisotopic (exact) mass is 214 g/mol. The fourth-order valence-electron chi connectivity index (χ4n) is 1.87. The van der Waals surface area contributed by atoms with E-state index in [4.69, 9.17) is 0 Å². The number of aliphatic hydroxyl groups is 1. The van der Waals surface area contributed by atoms with E-state index < -0.39 is 0 Å². The topological polar surface area (TPSA) is 35.5 Å². The molecule has 0 spiro atoms. The standard InChI is InChI=1S/C7H14N2O.2ClH/c10-7-5-9-4-2-6(7)1-3-8-9;;/h6-8,10H,1-5H2;2*1H. The Bertz CT molecular complexity index is 133. The maximum atomic E-state index is 9.50. The summed E-state index contributed by atoms with van der Waals surface area (Å²) in [4.78, 5) is 0. The number of rotatable bonds is 0. The van der Waals surface area contributed by atoms with Crippen molar-refractivity contribution in [3.63, 3.8) is 0 Å². The molecule has 74 valence electrons.